The van der Waals surface area contributed by atoms with Crippen LogP contribution in [0.4, 0.5) is 0 Å². The molecule has 2 unspecified atom stereocenters. The van der Waals surface area contributed by atoms with Crippen molar-refractivity contribution in [1.82, 2.24) is 0 Å². The van der Waals surface area contributed by atoms with Gasteiger partial charge >= 0.3 is 0 Å². The van der Waals surface area contributed by atoms with Crippen LogP contribution in [0.25, 0.3) is 4.85 Å². The molecule has 2 heteroatoms. The van der Waals surface area contributed by atoms with Crippen LogP contribution in [0.15, 0.2) is 54.1 Å². The van der Waals surface area contributed by atoms with Gasteiger partial charge in [-0.15, -0.1) is 6.42 Å². The van der Waals surface area contributed by atoms with Gasteiger partial charge in [0.05, 0.1) is 0 Å². The zero-order chi connectivity index (χ0) is 16.2. The first-order valence-corrected chi connectivity index (χ1v) is 7.35. The van der Waals surface area contributed by atoms with Crippen LogP contribution in [0.3, 0.4) is 0 Å². The number of hydrogen-bond acceptors (Lipinski definition) is 1. The number of allylic oxidation sites excluding steroid dienone is 2. The number of hydrogen-bond donors (Lipinski definition) is 0. The summed E-state index contributed by atoms with van der Waals surface area (Å²) < 4.78 is 5.99. The summed E-state index contributed by atoms with van der Waals surface area (Å²) in [6.07, 6.45) is 11.4. The van der Waals surface area contributed by atoms with Crippen LogP contribution >= 0.6 is 0 Å². The summed E-state index contributed by atoms with van der Waals surface area (Å²) in [5.41, 5.74) is 1.27. The minimum Gasteiger partial charge on any atom is -0.345 e. The SMILES string of the molecule is [C-]#[N+]C1C=C(C(C)(C)C)C=CC1(OCC#C)c1ccccc1. The number of ether oxygens (including phenoxy) is 1. The minimum atomic E-state index is -0.815. The average molecular weight is 291 g/mol. The van der Waals surface area contributed by atoms with Crippen molar-refractivity contribution in [2.75, 3.05) is 6.61 Å². The second kappa shape index (κ2) is 6.22. The summed E-state index contributed by atoms with van der Waals surface area (Å²) >= 11 is 0. The Bertz CT molecular complexity index is 664. The van der Waals surface area contributed by atoms with Crippen molar-refractivity contribution in [1.29, 1.82) is 0 Å². The molecule has 2 rings (SSSR count). The molecule has 22 heavy (non-hydrogen) atoms. The lowest BCUT2D eigenvalue weighted by Gasteiger charge is -2.35. The first-order chi connectivity index (χ1) is 10.4. The minimum absolute atomic E-state index is 0.00555. The molecular formula is C20H21NO. The van der Waals surface area contributed by atoms with Crippen molar-refractivity contribution in [2.45, 2.75) is 32.4 Å². The number of rotatable bonds is 3. The van der Waals surface area contributed by atoms with E-state index in [1.807, 2.05) is 42.5 Å². The van der Waals surface area contributed by atoms with E-state index in [-0.39, 0.29) is 12.0 Å². The highest BCUT2D eigenvalue weighted by Gasteiger charge is 2.46. The van der Waals surface area contributed by atoms with Crippen LogP contribution in [0.2, 0.25) is 0 Å². The van der Waals surface area contributed by atoms with E-state index >= 15 is 0 Å². The van der Waals surface area contributed by atoms with E-state index in [0.717, 1.165) is 11.1 Å². The summed E-state index contributed by atoms with van der Waals surface area (Å²) in [5.74, 6) is 2.52. The van der Waals surface area contributed by atoms with Crippen molar-refractivity contribution in [3.8, 4) is 12.3 Å². The maximum atomic E-state index is 7.65. The lowest BCUT2D eigenvalue weighted by molar-refractivity contribution is 0.00438. The van der Waals surface area contributed by atoms with E-state index in [9.17, 15) is 0 Å². The van der Waals surface area contributed by atoms with Crippen molar-refractivity contribution >= 4 is 0 Å². The van der Waals surface area contributed by atoms with E-state index in [2.05, 4.69) is 37.6 Å². The fraction of sp³-hybridized carbons (Fsp3) is 0.350. The average Bonchev–Trinajstić information content (AvgIpc) is 2.52. The lowest BCUT2D eigenvalue weighted by Crippen LogP contribution is -2.40. The second-order valence-electron chi connectivity index (χ2n) is 6.43. The van der Waals surface area contributed by atoms with Gasteiger partial charge in [-0.1, -0.05) is 63.1 Å². The molecule has 0 saturated heterocycles. The molecule has 2 nitrogen and oxygen atoms in total. The monoisotopic (exact) mass is 291 g/mol. The van der Waals surface area contributed by atoms with Crippen molar-refractivity contribution in [3.05, 3.63) is 71.1 Å². The van der Waals surface area contributed by atoms with Crippen molar-refractivity contribution < 1.29 is 4.74 Å². The molecule has 1 aliphatic carbocycles. The lowest BCUT2D eigenvalue weighted by atomic mass is 9.75. The smallest absolute Gasteiger partial charge is 0.278 e. The van der Waals surface area contributed by atoms with E-state index in [1.165, 1.54) is 0 Å². The highest BCUT2D eigenvalue weighted by molar-refractivity contribution is 5.43. The third-order valence-corrected chi connectivity index (χ3v) is 3.91. The first kappa shape index (κ1) is 16.1. The highest BCUT2D eigenvalue weighted by atomic mass is 16.5. The van der Waals surface area contributed by atoms with Crippen molar-refractivity contribution in [2.24, 2.45) is 5.41 Å². The molecule has 0 bridgehead atoms. The van der Waals surface area contributed by atoms with Crippen molar-refractivity contribution in [3.63, 3.8) is 0 Å². The van der Waals surface area contributed by atoms with Gasteiger partial charge in [-0.3, -0.25) is 0 Å². The van der Waals surface area contributed by atoms with E-state index in [4.69, 9.17) is 17.7 Å². The molecule has 0 radical (unpaired) electrons. The molecule has 1 aromatic rings. The number of nitrogens with zero attached hydrogens (tertiary/aromatic N) is 1. The summed E-state index contributed by atoms with van der Waals surface area (Å²) in [5, 5.41) is 0. The Morgan fingerprint density at radius 2 is 2.00 bits per heavy atom. The predicted molar refractivity (Wildman–Crippen MR) is 90.0 cm³/mol. The Balaban J connectivity index is 2.52. The molecule has 0 aliphatic heterocycles. The van der Waals surface area contributed by atoms with Gasteiger partial charge in [0, 0.05) is 6.08 Å². The third kappa shape index (κ3) is 2.98. The standard InChI is InChI=1S/C20H21NO/c1-6-14-22-20(16-10-8-7-9-11-16)13-12-17(19(2,3)4)15-18(20)21-5/h1,7-13,15,18H,14H2,2-4H3. The Morgan fingerprint density at radius 1 is 1.32 bits per heavy atom. The van der Waals surface area contributed by atoms with E-state index in [1.54, 1.807) is 0 Å². The highest BCUT2D eigenvalue weighted by Crippen LogP contribution is 2.41. The first-order valence-electron chi connectivity index (χ1n) is 7.35. The Morgan fingerprint density at radius 3 is 2.55 bits per heavy atom. The van der Waals surface area contributed by atoms with Gasteiger partial charge in [0.15, 0.2) is 5.60 Å². The summed E-state index contributed by atoms with van der Waals surface area (Å²) in [4.78, 5) is 3.82. The molecular weight excluding hydrogens is 270 g/mol. The quantitative estimate of drug-likeness (QED) is 0.596. The maximum absolute atomic E-state index is 7.65. The molecule has 0 saturated carbocycles. The molecule has 0 spiro atoms. The van der Waals surface area contributed by atoms with Gasteiger partial charge in [-0.05, 0) is 22.6 Å². The molecule has 1 aromatic carbocycles. The summed E-state index contributed by atoms with van der Waals surface area (Å²) in [6.45, 7) is 14.2. The van der Waals surface area contributed by atoms with Crippen LogP contribution in [0.5, 0.6) is 0 Å². The second-order valence-corrected chi connectivity index (χ2v) is 6.43. The van der Waals surface area contributed by atoms with E-state index < -0.39 is 11.6 Å². The fourth-order valence-electron chi connectivity index (χ4n) is 2.64. The molecule has 112 valence electrons. The summed E-state index contributed by atoms with van der Waals surface area (Å²) in [6, 6.07) is 9.39. The molecule has 0 amide bonds. The van der Waals surface area contributed by atoms with Gasteiger partial charge < -0.3 is 9.58 Å². The number of benzene rings is 1. The Kier molecular flexibility index (Phi) is 4.55. The van der Waals surface area contributed by atoms with Gasteiger partial charge in [0.25, 0.3) is 6.04 Å². The van der Waals surface area contributed by atoms with Gasteiger partial charge in [-0.2, -0.15) is 0 Å². The molecule has 0 fully saturated rings. The molecule has 1 aliphatic rings. The molecule has 0 heterocycles. The van der Waals surface area contributed by atoms with E-state index in [0.29, 0.717) is 0 Å². The van der Waals surface area contributed by atoms with Crippen LogP contribution in [-0.2, 0) is 10.3 Å². The Hall–Kier alpha value is -2.29. The van der Waals surface area contributed by atoms with Crippen LogP contribution < -0.4 is 0 Å². The third-order valence-electron chi connectivity index (χ3n) is 3.91. The zero-order valence-electron chi connectivity index (χ0n) is 13.3. The summed E-state index contributed by atoms with van der Waals surface area (Å²) in [7, 11) is 0. The predicted octanol–water partition coefficient (Wildman–Crippen LogP) is 4.36. The molecule has 2 atom stereocenters. The molecule has 0 aromatic heterocycles. The van der Waals surface area contributed by atoms with Crippen LogP contribution in [0, 0.1) is 24.3 Å². The largest absolute Gasteiger partial charge is 0.345 e. The van der Waals surface area contributed by atoms with Crippen LogP contribution in [0.1, 0.15) is 26.3 Å². The van der Waals surface area contributed by atoms with Crippen LogP contribution in [-0.4, -0.2) is 12.6 Å². The van der Waals surface area contributed by atoms with Gasteiger partial charge in [0.1, 0.15) is 6.61 Å². The van der Waals surface area contributed by atoms with Gasteiger partial charge in [-0.25, -0.2) is 6.57 Å². The normalized spacial score (nSPS) is 24.2. The molecule has 0 N–H and O–H groups in total. The Labute approximate surface area is 133 Å². The maximum Gasteiger partial charge on any atom is 0.278 e. The van der Waals surface area contributed by atoms with Gasteiger partial charge in [0.2, 0.25) is 0 Å². The fourth-order valence-corrected chi connectivity index (χ4v) is 2.64. The number of terminal acetylenes is 1. The topological polar surface area (TPSA) is 13.6 Å². The zero-order valence-corrected chi connectivity index (χ0v) is 13.3.